The maximum Gasteiger partial charge on any atom is 0.265 e. The fourth-order valence-electron chi connectivity index (χ4n) is 2.87. The van der Waals surface area contributed by atoms with Gasteiger partial charge < -0.3 is 4.98 Å². The van der Waals surface area contributed by atoms with Gasteiger partial charge in [-0.1, -0.05) is 25.0 Å². The minimum absolute atomic E-state index is 0.135. The quantitative estimate of drug-likeness (QED) is 0.911. The van der Waals surface area contributed by atoms with E-state index in [2.05, 4.69) is 25.9 Å². The third-order valence-electron chi connectivity index (χ3n) is 3.96. The van der Waals surface area contributed by atoms with Gasteiger partial charge in [0.1, 0.15) is 16.1 Å². The van der Waals surface area contributed by atoms with Crippen molar-refractivity contribution < 1.29 is 4.39 Å². The molecule has 110 valence electrons. The standard InChI is InChI=1S/C16H16BrFN2O/c17-14-15(11-3-1-2-4-11)19-13(20-16(14)21)9-10-5-7-12(18)8-6-10/h5-8,11H,1-4,9H2,(H,19,20,21). The molecule has 1 aromatic carbocycles. The molecule has 0 spiro atoms. The van der Waals surface area contributed by atoms with Crippen molar-refractivity contribution in [2.45, 2.75) is 38.0 Å². The van der Waals surface area contributed by atoms with Crippen molar-refractivity contribution in [3.63, 3.8) is 0 Å². The van der Waals surface area contributed by atoms with E-state index in [1.54, 1.807) is 12.1 Å². The molecule has 0 amide bonds. The Bertz CT molecular complexity index is 690. The Balaban J connectivity index is 1.92. The summed E-state index contributed by atoms with van der Waals surface area (Å²) in [4.78, 5) is 19.5. The van der Waals surface area contributed by atoms with Crippen LogP contribution in [0.15, 0.2) is 33.5 Å². The molecule has 2 aromatic rings. The number of halogens is 2. The summed E-state index contributed by atoms with van der Waals surface area (Å²) in [7, 11) is 0. The number of H-pyrrole nitrogens is 1. The molecule has 21 heavy (non-hydrogen) atoms. The Labute approximate surface area is 130 Å². The molecule has 0 bridgehead atoms. The van der Waals surface area contributed by atoms with Gasteiger partial charge in [0, 0.05) is 12.3 Å². The Hall–Kier alpha value is -1.49. The topological polar surface area (TPSA) is 45.8 Å². The van der Waals surface area contributed by atoms with Crippen molar-refractivity contribution in [1.82, 2.24) is 9.97 Å². The van der Waals surface area contributed by atoms with Gasteiger partial charge in [-0.25, -0.2) is 9.37 Å². The smallest absolute Gasteiger partial charge is 0.265 e. The largest absolute Gasteiger partial charge is 0.309 e. The number of nitrogens with zero attached hydrogens (tertiary/aromatic N) is 1. The van der Waals surface area contributed by atoms with Crippen LogP contribution in [0.2, 0.25) is 0 Å². The number of nitrogens with one attached hydrogen (secondary N) is 1. The molecule has 1 N–H and O–H groups in total. The lowest BCUT2D eigenvalue weighted by Crippen LogP contribution is -2.17. The van der Waals surface area contributed by atoms with E-state index in [9.17, 15) is 9.18 Å². The SMILES string of the molecule is O=c1[nH]c(Cc2ccc(F)cc2)nc(C2CCCC2)c1Br. The van der Waals surface area contributed by atoms with Gasteiger partial charge in [0.2, 0.25) is 0 Å². The average molecular weight is 351 g/mol. The van der Waals surface area contributed by atoms with Crippen LogP contribution in [0.5, 0.6) is 0 Å². The summed E-state index contributed by atoms with van der Waals surface area (Å²) in [6, 6.07) is 6.27. The molecular formula is C16H16BrFN2O. The summed E-state index contributed by atoms with van der Waals surface area (Å²) in [5.74, 6) is 0.744. The molecule has 0 saturated heterocycles. The summed E-state index contributed by atoms with van der Waals surface area (Å²) in [6.07, 6.45) is 5.07. The van der Waals surface area contributed by atoms with E-state index in [1.165, 1.54) is 25.0 Å². The Morgan fingerprint density at radius 2 is 1.90 bits per heavy atom. The number of aromatic nitrogens is 2. The predicted molar refractivity (Wildman–Crippen MR) is 83.0 cm³/mol. The van der Waals surface area contributed by atoms with E-state index in [-0.39, 0.29) is 11.4 Å². The Kier molecular flexibility index (Phi) is 4.19. The van der Waals surface area contributed by atoms with Gasteiger partial charge >= 0.3 is 0 Å². The molecule has 0 aliphatic heterocycles. The highest BCUT2D eigenvalue weighted by Crippen LogP contribution is 2.35. The minimum atomic E-state index is -0.261. The van der Waals surface area contributed by atoms with Crippen molar-refractivity contribution in [3.05, 3.63) is 62.0 Å². The highest BCUT2D eigenvalue weighted by molar-refractivity contribution is 9.10. The number of hydrogen-bond acceptors (Lipinski definition) is 2. The third-order valence-corrected chi connectivity index (χ3v) is 4.73. The highest BCUT2D eigenvalue weighted by atomic mass is 79.9. The second-order valence-corrected chi connectivity index (χ2v) is 6.29. The second kappa shape index (κ2) is 6.10. The number of hydrogen-bond donors (Lipinski definition) is 1. The van der Waals surface area contributed by atoms with Crippen molar-refractivity contribution in [2.75, 3.05) is 0 Å². The molecule has 3 rings (SSSR count). The monoisotopic (exact) mass is 350 g/mol. The van der Waals surface area contributed by atoms with Crippen LogP contribution in [0, 0.1) is 5.82 Å². The molecule has 0 unspecified atom stereocenters. The summed E-state index contributed by atoms with van der Waals surface area (Å²) < 4.78 is 13.5. The zero-order valence-electron chi connectivity index (χ0n) is 11.5. The second-order valence-electron chi connectivity index (χ2n) is 5.50. The predicted octanol–water partition coefficient (Wildman–Crippen LogP) is 3.92. The molecule has 3 nitrogen and oxygen atoms in total. The van der Waals surface area contributed by atoms with Crippen LogP contribution < -0.4 is 5.56 Å². The first-order chi connectivity index (χ1) is 10.1. The Morgan fingerprint density at radius 1 is 1.24 bits per heavy atom. The first-order valence-electron chi connectivity index (χ1n) is 7.16. The van der Waals surface area contributed by atoms with Crippen molar-refractivity contribution >= 4 is 15.9 Å². The summed E-state index contributed by atoms with van der Waals surface area (Å²) in [6.45, 7) is 0. The van der Waals surface area contributed by atoms with Gasteiger partial charge in [0.25, 0.3) is 5.56 Å². The molecule has 1 saturated carbocycles. The van der Waals surface area contributed by atoms with Crippen LogP contribution >= 0.6 is 15.9 Å². The van der Waals surface area contributed by atoms with E-state index in [0.717, 1.165) is 24.1 Å². The van der Waals surface area contributed by atoms with E-state index in [1.807, 2.05) is 0 Å². The summed E-state index contributed by atoms with van der Waals surface area (Å²) in [5.41, 5.74) is 1.66. The van der Waals surface area contributed by atoms with E-state index < -0.39 is 0 Å². The molecular weight excluding hydrogens is 335 g/mol. The maximum absolute atomic E-state index is 12.9. The van der Waals surface area contributed by atoms with E-state index >= 15 is 0 Å². The normalized spacial score (nSPS) is 15.5. The van der Waals surface area contributed by atoms with E-state index in [0.29, 0.717) is 22.6 Å². The zero-order valence-corrected chi connectivity index (χ0v) is 13.1. The lowest BCUT2D eigenvalue weighted by molar-refractivity contribution is 0.627. The molecule has 0 radical (unpaired) electrons. The fourth-order valence-corrected chi connectivity index (χ4v) is 3.39. The number of rotatable bonds is 3. The zero-order chi connectivity index (χ0) is 14.8. The van der Waals surface area contributed by atoms with Crippen LogP contribution in [0.4, 0.5) is 4.39 Å². The summed E-state index contributed by atoms with van der Waals surface area (Å²) >= 11 is 3.36. The number of benzene rings is 1. The molecule has 0 atom stereocenters. The lowest BCUT2D eigenvalue weighted by atomic mass is 10.0. The molecule has 1 fully saturated rings. The van der Waals surface area contributed by atoms with Gasteiger partial charge in [0.05, 0.1) is 5.69 Å². The average Bonchev–Trinajstić information content (AvgIpc) is 2.99. The van der Waals surface area contributed by atoms with Gasteiger partial charge in [0.15, 0.2) is 0 Å². The molecule has 1 aliphatic rings. The van der Waals surface area contributed by atoms with Gasteiger partial charge in [-0.2, -0.15) is 0 Å². The summed E-state index contributed by atoms with van der Waals surface area (Å²) in [5, 5.41) is 0. The lowest BCUT2D eigenvalue weighted by Gasteiger charge is -2.12. The first-order valence-corrected chi connectivity index (χ1v) is 7.96. The van der Waals surface area contributed by atoms with E-state index in [4.69, 9.17) is 0 Å². The van der Waals surface area contributed by atoms with Gasteiger partial charge in [-0.3, -0.25) is 4.79 Å². The van der Waals surface area contributed by atoms with Crippen LogP contribution in [0.1, 0.15) is 48.7 Å². The molecule has 5 heteroatoms. The van der Waals surface area contributed by atoms with Crippen LogP contribution in [-0.4, -0.2) is 9.97 Å². The highest BCUT2D eigenvalue weighted by Gasteiger charge is 2.23. The van der Waals surface area contributed by atoms with Gasteiger partial charge in [-0.15, -0.1) is 0 Å². The van der Waals surface area contributed by atoms with Crippen molar-refractivity contribution in [1.29, 1.82) is 0 Å². The fraction of sp³-hybridized carbons (Fsp3) is 0.375. The van der Waals surface area contributed by atoms with Crippen LogP contribution in [0.3, 0.4) is 0 Å². The molecule has 1 aliphatic carbocycles. The molecule has 1 aromatic heterocycles. The van der Waals surface area contributed by atoms with Crippen LogP contribution in [-0.2, 0) is 6.42 Å². The van der Waals surface area contributed by atoms with Crippen molar-refractivity contribution in [2.24, 2.45) is 0 Å². The van der Waals surface area contributed by atoms with Crippen molar-refractivity contribution in [3.8, 4) is 0 Å². The molecule has 1 heterocycles. The first kappa shape index (κ1) is 14.4. The Morgan fingerprint density at radius 3 is 2.57 bits per heavy atom. The van der Waals surface area contributed by atoms with Gasteiger partial charge in [-0.05, 0) is 46.5 Å². The third kappa shape index (κ3) is 3.23. The number of aromatic amines is 1. The maximum atomic E-state index is 12.9. The van der Waals surface area contributed by atoms with Crippen LogP contribution in [0.25, 0.3) is 0 Å². The minimum Gasteiger partial charge on any atom is -0.309 e.